The summed E-state index contributed by atoms with van der Waals surface area (Å²) in [6.45, 7) is 2.63. The van der Waals surface area contributed by atoms with Gasteiger partial charge in [-0.05, 0) is 66.5 Å². The number of nitrogens with one attached hydrogen (secondary N) is 4. The SMILES string of the molecule is CCCCCCCCCC1NC(=O)[C@H](Cc2cc3ccccc3[nH]2)OC[C@H](CCCN=C(N)N)NC(=O)[C@@H](Cc2ccccc2)OC[C@H](Cc2ccc(Cl)cc2)NC1=O. The normalized spacial score (nSPS) is 20.8. The van der Waals surface area contributed by atoms with Gasteiger partial charge in [-0.25, -0.2) is 0 Å². The predicted molar refractivity (Wildman–Crippen MR) is 235 cm³/mol. The van der Waals surface area contributed by atoms with Crippen molar-refractivity contribution in [1.29, 1.82) is 0 Å². The molecule has 4 aromatic rings. The molecular formula is C46H62ClN7O5. The van der Waals surface area contributed by atoms with E-state index in [1.807, 2.05) is 84.9 Å². The number of aliphatic imine (C=N–C) groups is 1. The number of aromatic amines is 1. The summed E-state index contributed by atoms with van der Waals surface area (Å²) in [6.07, 6.45) is 8.06. The fourth-order valence-corrected chi connectivity index (χ4v) is 7.55. The number of hydrogen-bond acceptors (Lipinski definition) is 6. The van der Waals surface area contributed by atoms with E-state index in [9.17, 15) is 14.4 Å². The minimum Gasteiger partial charge on any atom is -0.370 e. The second kappa shape index (κ2) is 24.2. The quantitative estimate of drug-likeness (QED) is 0.0387. The summed E-state index contributed by atoms with van der Waals surface area (Å²) < 4.78 is 13.0. The Balaban J connectivity index is 1.47. The van der Waals surface area contributed by atoms with Crippen molar-refractivity contribution in [2.45, 2.75) is 121 Å². The van der Waals surface area contributed by atoms with Gasteiger partial charge in [0.15, 0.2) is 5.96 Å². The topological polar surface area (TPSA) is 186 Å². The lowest BCUT2D eigenvalue weighted by Gasteiger charge is -2.26. The maximum Gasteiger partial charge on any atom is 0.250 e. The van der Waals surface area contributed by atoms with Crippen LogP contribution in [0.1, 0.15) is 88.0 Å². The number of nitrogens with zero attached hydrogens (tertiary/aromatic N) is 1. The average molecular weight is 828 g/mol. The van der Waals surface area contributed by atoms with E-state index >= 15 is 0 Å². The first-order valence-electron chi connectivity index (χ1n) is 21.2. The lowest BCUT2D eigenvalue weighted by Crippen LogP contribution is -2.53. The van der Waals surface area contributed by atoms with Crippen LogP contribution in [0.2, 0.25) is 5.02 Å². The molecule has 8 N–H and O–H groups in total. The van der Waals surface area contributed by atoms with E-state index in [1.54, 1.807) is 0 Å². The van der Waals surface area contributed by atoms with Crippen molar-refractivity contribution >= 4 is 46.2 Å². The highest BCUT2D eigenvalue weighted by Gasteiger charge is 2.31. The molecule has 3 aromatic carbocycles. The second-order valence-electron chi connectivity index (χ2n) is 15.6. The zero-order valence-corrected chi connectivity index (χ0v) is 35.1. The molecule has 0 saturated carbocycles. The van der Waals surface area contributed by atoms with Gasteiger partial charge in [0.2, 0.25) is 17.7 Å². The highest BCUT2D eigenvalue weighted by molar-refractivity contribution is 6.30. The van der Waals surface area contributed by atoms with Crippen molar-refractivity contribution in [1.82, 2.24) is 20.9 Å². The van der Waals surface area contributed by atoms with Crippen LogP contribution in [0.4, 0.5) is 0 Å². The number of guanidine groups is 1. The number of rotatable bonds is 18. The number of unbranched alkanes of at least 4 members (excludes halogenated alkanes) is 6. The van der Waals surface area contributed by atoms with Gasteiger partial charge in [0.05, 0.1) is 25.3 Å². The molecule has 1 saturated heterocycles. The molecule has 1 fully saturated rings. The maximum absolute atomic E-state index is 14.4. The first-order chi connectivity index (χ1) is 28.7. The maximum atomic E-state index is 14.4. The molecule has 5 rings (SSSR count). The highest BCUT2D eigenvalue weighted by Crippen LogP contribution is 2.19. The molecule has 1 aliphatic heterocycles. The summed E-state index contributed by atoms with van der Waals surface area (Å²) in [5.74, 6) is -1.06. The van der Waals surface area contributed by atoms with Crippen LogP contribution in [0.25, 0.3) is 10.9 Å². The number of halogens is 1. The largest absolute Gasteiger partial charge is 0.370 e. The van der Waals surface area contributed by atoms with E-state index < -0.39 is 36.2 Å². The lowest BCUT2D eigenvalue weighted by molar-refractivity contribution is -0.137. The minimum absolute atomic E-state index is 0.0129. The van der Waals surface area contributed by atoms with E-state index in [4.69, 9.17) is 32.5 Å². The average Bonchev–Trinajstić information content (AvgIpc) is 3.64. The van der Waals surface area contributed by atoms with Gasteiger partial charge in [0.25, 0.3) is 0 Å². The number of H-pyrrole nitrogens is 1. The van der Waals surface area contributed by atoms with Gasteiger partial charge >= 0.3 is 0 Å². The van der Waals surface area contributed by atoms with Crippen molar-refractivity contribution in [3.63, 3.8) is 0 Å². The molecule has 0 spiro atoms. The van der Waals surface area contributed by atoms with Gasteiger partial charge < -0.3 is 41.9 Å². The smallest absolute Gasteiger partial charge is 0.250 e. The van der Waals surface area contributed by atoms with Gasteiger partial charge in [-0.3, -0.25) is 19.4 Å². The van der Waals surface area contributed by atoms with Crippen molar-refractivity contribution in [3.05, 3.63) is 107 Å². The van der Waals surface area contributed by atoms with Crippen LogP contribution >= 0.6 is 11.6 Å². The van der Waals surface area contributed by atoms with Gasteiger partial charge in [-0.15, -0.1) is 0 Å². The summed E-state index contributed by atoms with van der Waals surface area (Å²) in [7, 11) is 0. The van der Waals surface area contributed by atoms with Gasteiger partial charge in [-0.2, -0.15) is 0 Å². The number of carbonyl (C=O) groups excluding carboxylic acids is 3. The number of nitrogens with two attached hydrogens (primary N) is 2. The Hall–Kier alpha value is -4.91. The van der Waals surface area contributed by atoms with Crippen LogP contribution in [0, 0.1) is 0 Å². The molecule has 13 heteroatoms. The lowest BCUT2D eigenvalue weighted by atomic mass is 10.0. The summed E-state index contributed by atoms with van der Waals surface area (Å²) in [5, 5.41) is 11.1. The number of amides is 3. The third-order valence-electron chi connectivity index (χ3n) is 10.7. The molecule has 5 atom stereocenters. The van der Waals surface area contributed by atoms with E-state index in [0.29, 0.717) is 43.7 Å². The zero-order chi connectivity index (χ0) is 41.8. The fourth-order valence-electron chi connectivity index (χ4n) is 7.43. The Morgan fingerprint density at radius 2 is 1.31 bits per heavy atom. The third-order valence-corrected chi connectivity index (χ3v) is 10.9. The second-order valence-corrected chi connectivity index (χ2v) is 16.0. The van der Waals surface area contributed by atoms with E-state index in [-0.39, 0.29) is 37.4 Å². The van der Waals surface area contributed by atoms with E-state index in [1.165, 1.54) is 19.3 Å². The number of para-hydroxylation sites is 1. The van der Waals surface area contributed by atoms with Crippen LogP contribution in [-0.4, -0.2) is 78.8 Å². The van der Waals surface area contributed by atoms with Crippen LogP contribution in [0.15, 0.2) is 89.9 Å². The van der Waals surface area contributed by atoms with Gasteiger partial charge in [0.1, 0.15) is 18.2 Å². The van der Waals surface area contributed by atoms with Crippen molar-refractivity contribution in [2.75, 3.05) is 19.8 Å². The first kappa shape index (κ1) is 45.2. The predicted octanol–water partition coefficient (Wildman–Crippen LogP) is 6.28. The van der Waals surface area contributed by atoms with Gasteiger partial charge in [0, 0.05) is 35.6 Å². The van der Waals surface area contributed by atoms with Crippen LogP contribution in [0.3, 0.4) is 0 Å². The summed E-state index contributed by atoms with van der Waals surface area (Å²) in [4.78, 5) is 50.6. The molecule has 0 radical (unpaired) electrons. The number of aromatic nitrogens is 1. The van der Waals surface area contributed by atoms with Crippen LogP contribution in [0.5, 0.6) is 0 Å². The number of carbonyl (C=O) groups is 3. The Kier molecular flexibility index (Phi) is 18.6. The van der Waals surface area contributed by atoms with E-state index in [0.717, 1.165) is 53.4 Å². The Morgan fingerprint density at radius 3 is 2.03 bits per heavy atom. The Bertz CT molecular complexity index is 1880. The molecule has 3 amide bonds. The molecule has 1 aromatic heterocycles. The van der Waals surface area contributed by atoms with Crippen molar-refractivity contribution < 1.29 is 23.9 Å². The fraction of sp³-hybridized carbons (Fsp3) is 0.478. The Labute approximate surface area is 353 Å². The number of ether oxygens (including phenoxy) is 2. The molecule has 318 valence electrons. The molecule has 2 heterocycles. The summed E-state index contributed by atoms with van der Waals surface area (Å²) in [5.41, 5.74) is 14.8. The molecule has 1 aliphatic rings. The third kappa shape index (κ3) is 15.7. The highest BCUT2D eigenvalue weighted by atomic mass is 35.5. The summed E-state index contributed by atoms with van der Waals surface area (Å²) in [6, 6.07) is 25.2. The molecule has 1 unspecified atom stereocenters. The Morgan fingerprint density at radius 1 is 0.678 bits per heavy atom. The van der Waals surface area contributed by atoms with Crippen molar-refractivity contribution in [2.24, 2.45) is 16.5 Å². The molecule has 0 aliphatic carbocycles. The van der Waals surface area contributed by atoms with Crippen molar-refractivity contribution in [3.8, 4) is 0 Å². The monoisotopic (exact) mass is 827 g/mol. The number of fused-ring (bicyclic) bond motifs is 1. The number of benzene rings is 3. The molecule has 59 heavy (non-hydrogen) atoms. The number of hydrogen-bond donors (Lipinski definition) is 6. The summed E-state index contributed by atoms with van der Waals surface area (Å²) >= 11 is 6.22. The van der Waals surface area contributed by atoms with Crippen LogP contribution in [-0.2, 0) is 43.1 Å². The molecular weight excluding hydrogens is 766 g/mol. The first-order valence-corrected chi connectivity index (χ1v) is 21.6. The minimum atomic E-state index is -0.976. The standard InChI is InChI=1S/C46H62ClN7O5/c1-2-3-4-5-6-7-11-20-40-43(55)53-38(26-33-21-23-35(47)24-22-33)31-59-41(27-32-15-9-8-10-16-32)44(56)52-36(18-14-25-50-46(48)49)30-58-42(45(57)54-40)29-37-28-34-17-12-13-19-39(34)51-37/h8-10,12-13,15-17,19,21-24,28,36,38,40-42,51H,2-7,11,14,18,20,25-27,29-31H2,1H3,(H,52,56)(H,53,55)(H,54,57)(H4,48,49,50)/t36-,38-,40?,41+,42-/m0/s1. The molecule has 12 nitrogen and oxygen atoms in total. The van der Waals surface area contributed by atoms with Crippen LogP contribution < -0.4 is 27.4 Å². The molecule has 0 bridgehead atoms. The van der Waals surface area contributed by atoms with Gasteiger partial charge in [-0.1, -0.05) is 124 Å². The zero-order valence-electron chi connectivity index (χ0n) is 34.3. The van der Waals surface area contributed by atoms with E-state index in [2.05, 4.69) is 32.9 Å².